The molecule has 0 unspecified atom stereocenters. The number of rotatable bonds is 3. The molecule has 1 aromatic heterocycles. The molecule has 3 aromatic rings. The third-order valence-corrected chi connectivity index (χ3v) is 5.68. The molecule has 9 heteroatoms. The lowest BCUT2D eigenvalue weighted by molar-refractivity contribution is -0.137. The lowest BCUT2D eigenvalue weighted by atomic mass is 10.1. The van der Waals surface area contributed by atoms with Crippen molar-refractivity contribution in [2.24, 2.45) is 0 Å². The van der Waals surface area contributed by atoms with E-state index in [-0.39, 0.29) is 17.4 Å². The Labute approximate surface area is 189 Å². The van der Waals surface area contributed by atoms with Crippen LogP contribution in [0.5, 0.6) is 0 Å². The average Bonchev–Trinajstić information content (AvgIpc) is 3.15. The van der Waals surface area contributed by atoms with E-state index < -0.39 is 11.7 Å². The van der Waals surface area contributed by atoms with E-state index in [9.17, 15) is 22.8 Å². The van der Waals surface area contributed by atoms with Gasteiger partial charge in [-0.1, -0.05) is 0 Å². The summed E-state index contributed by atoms with van der Waals surface area (Å²) in [6.45, 7) is 5.22. The molecule has 172 valence electrons. The molecule has 1 aliphatic heterocycles. The molecule has 0 atom stereocenters. The number of carbonyl (C=O) groups is 2. The maximum atomic E-state index is 12.9. The number of alkyl halides is 3. The Hall–Kier alpha value is -3.62. The summed E-state index contributed by atoms with van der Waals surface area (Å²) >= 11 is 0. The Balaban J connectivity index is 1.37. The van der Waals surface area contributed by atoms with Gasteiger partial charge in [-0.3, -0.25) is 9.59 Å². The highest BCUT2D eigenvalue weighted by atomic mass is 19.4. The summed E-state index contributed by atoms with van der Waals surface area (Å²) in [5, 5.41) is 4.44. The number of carbonyl (C=O) groups excluding carboxylic acids is 2. The van der Waals surface area contributed by atoms with E-state index in [0.29, 0.717) is 31.7 Å². The van der Waals surface area contributed by atoms with Gasteiger partial charge >= 0.3 is 6.18 Å². The van der Waals surface area contributed by atoms with Crippen LogP contribution >= 0.6 is 0 Å². The Morgan fingerprint density at radius 1 is 0.788 bits per heavy atom. The summed E-state index contributed by atoms with van der Waals surface area (Å²) in [7, 11) is 0. The van der Waals surface area contributed by atoms with Gasteiger partial charge in [0.1, 0.15) is 0 Å². The highest BCUT2D eigenvalue weighted by Crippen LogP contribution is 2.29. The fraction of sp³-hybridized carbons (Fsp3) is 0.292. The van der Waals surface area contributed by atoms with Crippen LogP contribution < -0.4 is 0 Å². The second kappa shape index (κ2) is 8.73. The predicted octanol–water partition coefficient (Wildman–Crippen LogP) is 4.11. The summed E-state index contributed by atoms with van der Waals surface area (Å²) in [6.07, 6.45) is -4.44. The van der Waals surface area contributed by atoms with Crippen LogP contribution in [0.25, 0.3) is 5.69 Å². The van der Waals surface area contributed by atoms with Crippen LogP contribution in [-0.4, -0.2) is 57.6 Å². The van der Waals surface area contributed by atoms with Crippen LogP contribution in [0, 0.1) is 13.8 Å². The molecule has 0 radical (unpaired) electrons. The first-order valence-corrected chi connectivity index (χ1v) is 10.5. The zero-order chi connectivity index (χ0) is 23.8. The molecule has 33 heavy (non-hydrogen) atoms. The summed E-state index contributed by atoms with van der Waals surface area (Å²) in [5.74, 6) is -0.471. The lowest BCUT2D eigenvalue weighted by Gasteiger charge is -2.35. The molecule has 1 saturated heterocycles. The van der Waals surface area contributed by atoms with E-state index in [4.69, 9.17) is 0 Å². The van der Waals surface area contributed by atoms with Crippen LogP contribution in [0.3, 0.4) is 0 Å². The quantitative estimate of drug-likeness (QED) is 0.596. The molecule has 2 aromatic carbocycles. The summed E-state index contributed by atoms with van der Waals surface area (Å²) in [5.41, 5.74) is 2.73. The van der Waals surface area contributed by atoms with Gasteiger partial charge in [-0.25, -0.2) is 4.68 Å². The van der Waals surface area contributed by atoms with E-state index in [1.165, 1.54) is 12.1 Å². The SMILES string of the molecule is Cc1cc(C)n(-c2ccc(C(=O)N3CCN(C(=O)c4ccc(C(F)(F)F)cc4)CC3)cc2)n1. The lowest BCUT2D eigenvalue weighted by Crippen LogP contribution is -2.50. The minimum atomic E-state index is -4.44. The van der Waals surface area contributed by atoms with Gasteiger partial charge in [0.2, 0.25) is 0 Å². The first kappa shape index (κ1) is 22.6. The molecule has 0 saturated carbocycles. The molecule has 2 heterocycles. The molecular weight excluding hydrogens is 433 g/mol. The molecule has 0 aliphatic carbocycles. The highest BCUT2D eigenvalue weighted by Gasteiger charge is 2.31. The molecule has 2 amide bonds. The standard InChI is InChI=1S/C24H23F3N4O2/c1-16-15-17(2)31(28-16)21-9-5-19(6-10-21)23(33)30-13-11-29(12-14-30)22(32)18-3-7-20(8-4-18)24(25,26)27/h3-10,15H,11-14H2,1-2H3. The Morgan fingerprint density at radius 3 is 1.64 bits per heavy atom. The largest absolute Gasteiger partial charge is 0.416 e. The summed E-state index contributed by atoms with van der Waals surface area (Å²) < 4.78 is 40.0. The number of halogens is 3. The molecular formula is C24H23F3N4O2. The minimum absolute atomic E-state index is 0.128. The van der Waals surface area contributed by atoms with Gasteiger partial charge in [0.25, 0.3) is 11.8 Å². The highest BCUT2D eigenvalue weighted by molar-refractivity contribution is 5.96. The number of nitrogens with zero attached hydrogens (tertiary/aromatic N) is 4. The molecule has 1 fully saturated rings. The van der Waals surface area contributed by atoms with Crippen molar-refractivity contribution >= 4 is 11.8 Å². The van der Waals surface area contributed by atoms with Gasteiger partial charge in [-0.2, -0.15) is 18.3 Å². The third kappa shape index (κ3) is 4.76. The van der Waals surface area contributed by atoms with Gasteiger partial charge in [-0.05, 0) is 68.4 Å². The molecule has 4 rings (SSSR count). The van der Waals surface area contributed by atoms with Crippen LogP contribution in [0.4, 0.5) is 13.2 Å². The Bertz CT molecular complexity index is 1160. The first-order valence-electron chi connectivity index (χ1n) is 10.5. The number of aromatic nitrogens is 2. The van der Waals surface area contributed by atoms with E-state index in [1.807, 2.05) is 36.7 Å². The fourth-order valence-electron chi connectivity index (χ4n) is 3.92. The van der Waals surface area contributed by atoms with E-state index in [0.717, 1.165) is 29.2 Å². The third-order valence-electron chi connectivity index (χ3n) is 5.68. The van der Waals surface area contributed by atoms with Crippen LogP contribution in [0.15, 0.2) is 54.6 Å². The molecule has 1 aliphatic rings. The number of aryl methyl sites for hydroxylation is 2. The molecule has 6 nitrogen and oxygen atoms in total. The summed E-state index contributed by atoms with van der Waals surface area (Å²) in [6, 6.07) is 13.4. The smallest absolute Gasteiger partial charge is 0.335 e. The van der Waals surface area contributed by atoms with E-state index in [1.54, 1.807) is 21.9 Å². The number of hydrogen-bond donors (Lipinski definition) is 0. The minimum Gasteiger partial charge on any atom is -0.335 e. The van der Waals surface area contributed by atoms with Gasteiger partial charge in [0.15, 0.2) is 0 Å². The van der Waals surface area contributed by atoms with Gasteiger partial charge in [0, 0.05) is 43.0 Å². The van der Waals surface area contributed by atoms with Crippen molar-refractivity contribution in [3.8, 4) is 5.69 Å². The second-order valence-corrected chi connectivity index (χ2v) is 8.05. The van der Waals surface area contributed by atoms with E-state index >= 15 is 0 Å². The summed E-state index contributed by atoms with van der Waals surface area (Å²) in [4.78, 5) is 28.8. The monoisotopic (exact) mass is 456 g/mol. The van der Waals surface area contributed by atoms with Crippen molar-refractivity contribution in [2.75, 3.05) is 26.2 Å². The van der Waals surface area contributed by atoms with Crippen molar-refractivity contribution in [1.82, 2.24) is 19.6 Å². The van der Waals surface area contributed by atoms with Crippen molar-refractivity contribution in [3.63, 3.8) is 0 Å². The van der Waals surface area contributed by atoms with Gasteiger partial charge in [-0.15, -0.1) is 0 Å². The zero-order valence-corrected chi connectivity index (χ0v) is 18.3. The number of benzene rings is 2. The van der Waals surface area contributed by atoms with E-state index in [2.05, 4.69) is 5.10 Å². The second-order valence-electron chi connectivity index (χ2n) is 8.05. The Kier molecular flexibility index (Phi) is 5.97. The average molecular weight is 456 g/mol. The fourth-order valence-corrected chi connectivity index (χ4v) is 3.92. The van der Waals surface area contributed by atoms with Gasteiger partial charge < -0.3 is 9.80 Å². The molecule has 0 spiro atoms. The van der Waals surface area contributed by atoms with Crippen molar-refractivity contribution in [2.45, 2.75) is 20.0 Å². The maximum Gasteiger partial charge on any atom is 0.416 e. The van der Waals surface area contributed by atoms with Crippen LogP contribution in [-0.2, 0) is 6.18 Å². The van der Waals surface area contributed by atoms with Crippen LogP contribution in [0.2, 0.25) is 0 Å². The van der Waals surface area contributed by atoms with Gasteiger partial charge in [0.05, 0.1) is 16.9 Å². The predicted molar refractivity (Wildman–Crippen MR) is 116 cm³/mol. The van der Waals surface area contributed by atoms with Crippen molar-refractivity contribution < 1.29 is 22.8 Å². The maximum absolute atomic E-state index is 12.9. The molecule has 0 N–H and O–H groups in total. The van der Waals surface area contributed by atoms with Crippen molar-refractivity contribution in [1.29, 1.82) is 0 Å². The zero-order valence-electron chi connectivity index (χ0n) is 18.3. The topological polar surface area (TPSA) is 58.4 Å². The van der Waals surface area contributed by atoms with Crippen molar-refractivity contribution in [3.05, 3.63) is 82.7 Å². The number of hydrogen-bond acceptors (Lipinski definition) is 3. The first-order chi connectivity index (χ1) is 15.6. The van der Waals surface area contributed by atoms with Crippen LogP contribution in [0.1, 0.15) is 37.7 Å². The number of amides is 2. The normalized spacial score (nSPS) is 14.5. The Morgan fingerprint density at radius 2 is 1.24 bits per heavy atom. The molecule has 0 bridgehead atoms. The number of piperazine rings is 1.